The summed E-state index contributed by atoms with van der Waals surface area (Å²) in [5.74, 6) is -0.716. The number of thiophene rings is 1. The molecule has 2 aromatic rings. The van der Waals surface area contributed by atoms with Crippen molar-refractivity contribution in [3.05, 3.63) is 51.7 Å². The molecule has 0 bridgehead atoms. The van der Waals surface area contributed by atoms with Gasteiger partial charge in [0.25, 0.3) is 0 Å². The average Bonchev–Trinajstić information content (AvgIpc) is 3.38. The highest BCUT2D eigenvalue weighted by molar-refractivity contribution is 7.09. The normalized spacial score (nSPS) is 15.7. The first-order chi connectivity index (χ1) is 17.9. The quantitative estimate of drug-likeness (QED) is 0.287. The third-order valence-corrected chi connectivity index (χ3v) is 8.38. The lowest BCUT2D eigenvalue weighted by Gasteiger charge is -2.35. The van der Waals surface area contributed by atoms with E-state index in [1.54, 1.807) is 27.7 Å². The second-order valence-corrected chi connectivity index (χ2v) is 12.7. The fourth-order valence-electron chi connectivity index (χ4n) is 5.46. The molecule has 3 rings (SSSR count). The summed E-state index contributed by atoms with van der Waals surface area (Å²) >= 11 is 1.82. The van der Waals surface area contributed by atoms with Gasteiger partial charge in [0.15, 0.2) is 0 Å². The first-order valence-electron chi connectivity index (χ1n) is 13.6. The molecule has 3 N–H and O–H groups in total. The van der Waals surface area contributed by atoms with Crippen LogP contribution in [0.1, 0.15) is 69.9 Å². The van der Waals surface area contributed by atoms with Crippen molar-refractivity contribution in [1.29, 1.82) is 0 Å². The maximum absolute atomic E-state index is 12.8. The van der Waals surface area contributed by atoms with E-state index in [0.29, 0.717) is 11.8 Å². The van der Waals surface area contributed by atoms with Crippen LogP contribution in [0.4, 0.5) is 0 Å². The van der Waals surface area contributed by atoms with Crippen molar-refractivity contribution in [1.82, 2.24) is 10.2 Å². The molecule has 0 fully saturated rings. The number of amides is 2. The Kier molecular flexibility index (Phi) is 10.1. The summed E-state index contributed by atoms with van der Waals surface area (Å²) in [7, 11) is 0. The lowest BCUT2D eigenvalue weighted by Crippen LogP contribution is -2.45. The van der Waals surface area contributed by atoms with E-state index in [0.717, 1.165) is 50.8 Å². The van der Waals surface area contributed by atoms with E-state index in [4.69, 9.17) is 10.5 Å². The maximum Gasteiger partial charge on any atom is 0.330 e. The number of ether oxygens (including phenoxy) is 1. The first-order valence-corrected chi connectivity index (χ1v) is 14.5. The van der Waals surface area contributed by atoms with E-state index in [1.165, 1.54) is 10.4 Å². The summed E-state index contributed by atoms with van der Waals surface area (Å²) in [6.45, 7) is 11.0. The summed E-state index contributed by atoms with van der Waals surface area (Å²) < 4.78 is 5.71. The second kappa shape index (κ2) is 12.9. The number of esters is 1. The van der Waals surface area contributed by atoms with Gasteiger partial charge in [-0.3, -0.25) is 14.5 Å². The number of nitrogens with zero attached hydrogens (tertiary/aromatic N) is 1. The standard InChI is InChI=1S/C30H43N3O4S/c1-6-15-33(16-14-23-10-8-17-38-23)22-12-13-24-21(18-22)9-7-11-25(24)37-26(34)19-32-28(36)30(4,5)20-29(2,3)27(31)35/h7-11,17,22H,6,12-16,18-20H2,1-5H3,(H2,31,35)(H,32,36)/t22-/m0/s1. The van der Waals surface area contributed by atoms with Crippen LogP contribution in [-0.2, 0) is 33.6 Å². The minimum atomic E-state index is -0.867. The van der Waals surface area contributed by atoms with Crippen LogP contribution >= 0.6 is 11.3 Å². The van der Waals surface area contributed by atoms with Crippen LogP contribution in [0.3, 0.4) is 0 Å². The topological polar surface area (TPSA) is 102 Å². The van der Waals surface area contributed by atoms with Crippen molar-refractivity contribution >= 4 is 29.1 Å². The van der Waals surface area contributed by atoms with E-state index in [2.05, 4.69) is 40.7 Å². The molecule has 38 heavy (non-hydrogen) atoms. The molecule has 0 aliphatic heterocycles. The van der Waals surface area contributed by atoms with Gasteiger partial charge in [0, 0.05) is 28.3 Å². The number of carbonyl (C=O) groups is 3. The molecule has 1 atom stereocenters. The number of benzene rings is 1. The molecule has 0 saturated carbocycles. The number of rotatable bonds is 13. The van der Waals surface area contributed by atoms with Gasteiger partial charge in [0.05, 0.1) is 0 Å². The predicted octanol–water partition coefficient (Wildman–Crippen LogP) is 4.51. The fourth-order valence-corrected chi connectivity index (χ4v) is 6.15. The highest BCUT2D eigenvalue weighted by Gasteiger charge is 2.38. The van der Waals surface area contributed by atoms with Crippen LogP contribution in [0.2, 0.25) is 0 Å². The number of nitrogens with two attached hydrogens (primary N) is 1. The Hall–Kier alpha value is -2.71. The molecule has 1 aliphatic carbocycles. The number of fused-ring (bicyclic) bond motifs is 1. The van der Waals surface area contributed by atoms with Gasteiger partial charge in [-0.25, -0.2) is 4.79 Å². The summed E-state index contributed by atoms with van der Waals surface area (Å²) in [4.78, 5) is 41.1. The van der Waals surface area contributed by atoms with Gasteiger partial charge in [-0.1, -0.05) is 52.8 Å². The molecule has 0 saturated heterocycles. The molecule has 1 aromatic carbocycles. The summed E-state index contributed by atoms with van der Waals surface area (Å²) in [5.41, 5.74) is 6.08. The molecule has 1 aromatic heterocycles. The van der Waals surface area contributed by atoms with E-state index < -0.39 is 22.7 Å². The van der Waals surface area contributed by atoms with Gasteiger partial charge in [0.2, 0.25) is 11.8 Å². The first kappa shape index (κ1) is 29.8. The van der Waals surface area contributed by atoms with E-state index in [-0.39, 0.29) is 18.9 Å². The van der Waals surface area contributed by atoms with E-state index in [1.807, 2.05) is 23.5 Å². The molecule has 1 aliphatic rings. The minimum absolute atomic E-state index is 0.238. The summed E-state index contributed by atoms with van der Waals surface area (Å²) in [6.07, 6.45) is 5.27. The largest absolute Gasteiger partial charge is 0.425 e. The lowest BCUT2D eigenvalue weighted by molar-refractivity contribution is -0.139. The molecule has 8 heteroatoms. The van der Waals surface area contributed by atoms with Crippen LogP contribution < -0.4 is 15.8 Å². The third-order valence-electron chi connectivity index (χ3n) is 7.45. The van der Waals surface area contributed by atoms with Crippen molar-refractivity contribution < 1.29 is 19.1 Å². The van der Waals surface area contributed by atoms with Gasteiger partial charge < -0.3 is 15.8 Å². The Morgan fingerprint density at radius 1 is 1.11 bits per heavy atom. The number of nitrogens with one attached hydrogen (secondary N) is 1. The average molecular weight is 542 g/mol. The van der Waals surface area contributed by atoms with Crippen LogP contribution in [-0.4, -0.2) is 48.4 Å². The van der Waals surface area contributed by atoms with Gasteiger partial charge >= 0.3 is 5.97 Å². The Balaban J connectivity index is 1.58. The molecule has 2 amide bonds. The number of hydrogen-bond donors (Lipinski definition) is 2. The van der Waals surface area contributed by atoms with Gasteiger partial charge in [-0.15, -0.1) is 11.3 Å². The lowest BCUT2D eigenvalue weighted by atomic mass is 9.74. The molecular formula is C30H43N3O4S. The monoisotopic (exact) mass is 541 g/mol. The van der Waals surface area contributed by atoms with Crippen LogP contribution in [0, 0.1) is 10.8 Å². The smallest absolute Gasteiger partial charge is 0.330 e. The zero-order valence-corrected chi connectivity index (χ0v) is 24.3. The van der Waals surface area contributed by atoms with Crippen molar-refractivity contribution in [2.24, 2.45) is 16.6 Å². The molecule has 0 spiro atoms. The Morgan fingerprint density at radius 3 is 2.53 bits per heavy atom. The third kappa shape index (κ3) is 7.90. The number of carbonyl (C=O) groups excluding carboxylic acids is 3. The molecule has 0 radical (unpaired) electrons. The number of primary amides is 1. The zero-order valence-electron chi connectivity index (χ0n) is 23.5. The van der Waals surface area contributed by atoms with Crippen LogP contribution in [0.25, 0.3) is 0 Å². The van der Waals surface area contributed by atoms with Gasteiger partial charge in [0.1, 0.15) is 12.3 Å². The van der Waals surface area contributed by atoms with Gasteiger partial charge in [-0.05, 0) is 73.7 Å². The maximum atomic E-state index is 12.8. The molecule has 1 heterocycles. The second-order valence-electron chi connectivity index (χ2n) is 11.6. The highest BCUT2D eigenvalue weighted by atomic mass is 32.1. The zero-order chi connectivity index (χ0) is 27.9. The molecule has 0 unspecified atom stereocenters. The molecule has 208 valence electrons. The summed E-state index contributed by atoms with van der Waals surface area (Å²) in [5, 5.41) is 4.81. The number of hydrogen-bond acceptors (Lipinski definition) is 6. The Morgan fingerprint density at radius 2 is 1.87 bits per heavy atom. The van der Waals surface area contributed by atoms with Crippen LogP contribution in [0.5, 0.6) is 5.75 Å². The van der Waals surface area contributed by atoms with Crippen molar-refractivity contribution in [3.8, 4) is 5.75 Å². The Bertz CT molecular complexity index is 1110. The predicted molar refractivity (Wildman–Crippen MR) is 152 cm³/mol. The Labute approximate surface area is 231 Å². The van der Waals surface area contributed by atoms with Crippen molar-refractivity contribution in [2.75, 3.05) is 19.6 Å². The van der Waals surface area contributed by atoms with Crippen LogP contribution in [0.15, 0.2) is 35.7 Å². The van der Waals surface area contributed by atoms with E-state index >= 15 is 0 Å². The highest BCUT2D eigenvalue weighted by Crippen LogP contribution is 2.34. The summed E-state index contributed by atoms with van der Waals surface area (Å²) in [6, 6.07) is 10.7. The van der Waals surface area contributed by atoms with Gasteiger partial charge in [-0.2, -0.15) is 0 Å². The minimum Gasteiger partial charge on any atom is -0.425 e. The van der Waals surface area contributed by atoms with Crippen molar-refractivity contribution in [3.63, 3.8) is 0 Å². The van der Waals surface area contributed by atoms with E-state index in [9.17, 15) is 14.4 Å². The molecule has 7 nitrogen and oxygen atoms in total. The van der Waals surface area contributed by atoms with Crippen molar-refractivity contribution in [2.45, 2.75) is 79.2 Å². The SMILES string of the molecule is CCCN(CCc1cccs1)[C@H]1CCc2c(cccc2OC(=O)CNC(=O)C(C)(C)CC(C)(C)C(N)=O)C1. The fraction of sp³-hybridized carbons (Fsp3) is 0.567. The molecular weight excluding hydrogens is 498 g/mol.